The molecule has 0 spiro atoms. The highest BCUT2D eigenvalue weighted by Gasteiger charge is 1.97. The van der Waals surface area contributed by atoms with Gasteiger partial charge < -0.3 is 55.2 Å². The molecule has 26 nitrogen and oxygen atoms in total. The maximum atomic E-state index is 4.85. The van der Waals surface area contributed by atoms with Gasteiger partial charge in [0, 0.05) is 52.2 Å². The zero-order valence-corrected chi connectivity index (χ0v) is 87.8. The summed E-state index contributed by atoms with van der Waals surface area (Å²) in [5, 5.41) is 30.2. The van der Waals surface area contributed by atoms with Crippen LogP contribution in [-0.4, -0.2) is 175 Å². The van der Waals surface area contributed by atoms with Gasteiger partial charge in [-0.05, 0) is 38.8 Å². The summed E-state index contributed by atoms with van der Waals surface area (Å²) in [4.78, 5) is 23.9. The average Bonchev–Trinajstić information content (AvgIpc) is 3.97. The molecule has 11 heterocycles. The van der Waals surface area contributed by atoms with Crippen LogP contribution in [0.5, 0.6) is 0 Å². The van der Waals surface area contributed by atoms with E-state index >= 15 is 0 Å². The Balaban J connectivity index is -0.0000000337. The number of hydrazone groups is 2. The number of rotatable bonds is 0. The molecule has 1 saturated carbocycles. The SMILES string of the molecule is C1=NCCCN1.C1=NCCCO1.C1=NCNN1.C1=NCON1.C1=NNCO1.C1=NNCS1.C1=NOCO1.C1CCCCC1.C1CCNCC1.C1CNCCN1.C1CNN=N1.C1COCOC1.CC.CC.CC.CC.CC.CC.CC.CC.CC.CC.CC.CC.CC.CC.CC.CC.CC.CC.CC.CC.CC.CC.CC.CC. The standard InChI is InChI=1S/C6H12.C5H11N.C4H10N2.C4H8N2.C4H7NO.C4H8O2.2C2H5N3.2C2H4N2O.C2H4N2S.C2H3NO2.24C2H6/c2*1-2-4-6-5-3-1;1-2-6-4-3-5-1;3*1-2-5-4-6-3-1;1-3-2-5-4-1;1-2-4-5-3-1;1-3-4-2-5-1;1-3-2-5-4-1;1-3-4-2-5-1;1-3-5-2-4-1;24*1-2/h1-6H2;6H,1-5H2;5-6H,1-4H2;4H,1-3H2,(H,5,6);4H,1-3H2;1-4H2;1,5H,2H2,(H,3,4);1-2H2,(H,3,4);1,4H,2H2;1H,2H2,(H,3,4);1,4H,2H2;1H,2H2;24*1-2H3. The molecule has 0 amide bonds. The normalized spacial score (nSPS) is 13.3. The molecule has 10 N–H and O–H groups in total. The molecular weight excluding hydrogens is 1460 g/mol. The molecule has 0 unspecified atom stereocenters. The summed E-state index contributed by atoms with van der Waals surface area (Å²) in [6, 6.07) is 0. The first-order chi connectivity index (χ1) is 57.0. The van der Waals surface area contributed by atoms with E-state index in [0.717, 1.165) is 97.4 Å². The van der Waals surface area contributed by atoms with Crippen LogP contribution >= 0.6 is 11.8 Å². The van der Waals surface area contributed by atoms with Crippen LogP contribution in [0.4, 0.5) is 0 Å². The number of hydrogen-bond donors (Lipinski definition) is 10. The van der Waals surface area contributed by atoms with Gasteiger partial charge in [0.2, 0.25) is 6.40 Å². The molecule has 4 fully saturated rings. The minimum Gasteiger partial charge on any atom is -0.483 e. The first-order valence-corrected chi connectivity index (χ1v) is 48.0. The molecule has 1 aliphatic carbocycles. The van der Waals surface area contributed by atoms with Crippen molar-refractivity contribution in [2.45, 2.75) is 409 Å². The van der Waals surface area contributed by atoms with E-state index < -0.39 is 0 Å². The van der Waals surface area contributed by atoms with Gasteiger partial charge in [-0.3, -0.25) is 41.6 Å². The largest absolute Gasteiger partial charge is 0.483 e. The number of piperazine rings is 1. The van der Waals surface area contributed by atoms with E-state index in [2.05, 4.69) is 119 Å². The fourth-order valence-electron chi connectivity index (χ4n) is 4.96. The van der Waals surface area contributed by atoms with Crippen LogP contribution in [0.1, 0.15) is 409 Å². The van der Waals surface area contributed by atoms with E-state index in [1.54, 1.807) is 30.0 Å². The smallest absolute Gasteiger partial charge is 0.257 e. The minimum atomic E-state index is 0.278. The molecule has 0 aromatic heterocycles. The maximum absolute atomic E-state index is 4.85. The van der Waals surface area contributed by atoms with E-state index in [9.17, 15) is 0 Å². The second-order valence-electron chi connectivity index (χ2n) is 13.7. The van der Waals surface area contributed by atoms with Gasteiger partial charge in [-0.15, -0.1) is 5.10 Å². The summed E-state index contributed by atoms with van der Waals surface area (Å²) < 4.78 is 23.4. The monoisotopic (exact) mass is 1680 g/mol. The number of aliphatic imine (C=N–C) groups is 4. The van der Waals surface area contributed by atoms with Gasteiger partial charge in [-0.25, -0.2) is 10.4 Å². The Labute approximate surface area is 725 Å². The van der Waals surface area contributed by atoms with E-state index in [-0.39, 0.29) is 6.79 Å². The van der Waals surface area contributed by atoms with Crippen LogP contribution in [0.15, 0.2) is 45.7 Å². The molecule has 11 aliphatic heterocycles. The number of hydrogen-bond acceptors (Lipinski definition) is 27. The van der Waals surface area contributed by atoms with Gasteiger partial charge in [0.1, 0.15) is 19.8 Å². The van der Waals surface area contributed by atoms with Gasteiger partial charge in [-0.1, -0.05) is 399 Å². The Morgan fingerprint density at radius 3 is 0.860 bits per heavy atom. The molecule has 0 atom stereocenters. The van der Waals surface area contributed by atoms with Gasteiger partial charge in [-0.2, -0.15) is 10.2 Å². The Morgan fingerprint density at radius 2 is 0.754 bits per heavy atom. The lowest BCUT2D eigenvalue weighted by Gasteiger charge is -2.11. The van der Waals surface area contributed by atoms with Crippen LogP contribution < -0.4 is 53.9 Å². The number of hydroxylamine groups is 1. The van der Waals surface area contributed by atoms with Gasteiger partial charge in [0.25, 0.3) is 6.79 Å². The molecule has 3 saturated heterocycles. The second-order valence-corrected chi connectivity index (χ2v) is 14.5. The van der Waals surface area contributed by atoms with Crippen LogP contribution in [0.25, 0.3) is 0 Å². The van der Waals surface area contributed by atoms with E-state index in [1.807, 2.05) is 332 Å². The topological polar surface area (TPSA) is 296 Å². The van der Waals surface area contributed by atoms with Gasteiger partial charge in [0.15, 0.2) is 26.3 Å². The molecule has 0 aromatic rings. The molecule has 0 bridgehead atoms. The van der Waals surface area contributed by atoms with Crippen molar-refractivity contribution in [2.75, 3.05) is 131 Å². The molecule has 114 heavy (non-hydrogen) atoms. The van der Waals surface area contributed by atoms with Gasteiger partial charge in [0.05, 0.1) is 57.0 Å². The summed E-state index contributed by atoms with van der Waals surface area (Å²) >= 11 is 1.67. The number of oxime groups is 1. The fraction of sp³-hybridized carbons (Fsp3) is 0.920. The Morgan fingerprint density at radius 1 is 0.316 bits per heavy atom. The fourth-order valence-corrected chi connectivity index (χ4v) is 5.33. The van der Waals surface area contributed by atoms with E-state index in [0.29, 0.717) is 26.9 Å². The number of hydrazine groups is 1. The summed E-state index contributed by atoms with van der Waals surface area (Å²) in [6.45, 7) is 113. The molecule has 0 aromatic carbocycles. The first kappa shape index (κ1) is 176. The Kier molecular flexibility index (Phi) is 513. The molecule has 27 heteroatoms. The van der Waals surface area contributed by atoms with Crippen LogP contribution in [0.3, 0.4) is 0 Å². The van der Waals surface area contributed by atoms with Crippen molar-refractivity contribution in [3.05, 3.63) is 0 Å². The van der Waals surface area contributed by atoms with Crippen molar-refractivity contribution in [3.8, 4) is 0 Å². The van der Waals surface area contributed by atoms with Crippen molar-refractivity contribution in [1.29, 1.82) is 0 Å². The third-order valence-corrected chi connectivity index (χ3v) is 8.75. The summed E-state index contributed by atoms with van der Waals surface area (Å²) in [6.07, 6.45) is 25.6. The molecule has 12 rings (SSSR count). The summed E-state index contributed by atoms with van der Waals surface area (Å²) in [5.41, 5.74) is 17.7. The lowest BCUT2D eigenvalue weighted by Crippen LogP contribution is -2.39. The van der Waals surface area contributed by atoms with E-state index in [1.165, 1.54) is 103 Å². The molecule has 12 aliphatic rings. The molecule has 0 radical (unpaired) electrons. The van der Waals surface area contributed by atoms with Crippen LogP contribution in [0, 0.1) is 0 Å². The van der Waals surface area contributed by atoms with Crippen molar-refractivity contribution in [2.24, 2.45) is 45.7 Å². The van der Waals surface area contributed by atoms with Crippen molar-refractivity contribution in [3.63, 3.8) is 0 Å². The molecular formula is C87H225N19O7S. The average molecular weight is 1680 g/mol. The predicted molar refractivity (Wildman–Crippen MR) is 536 cm³/mol. The third-order valence-electron chi connectivity index (χ3n) is 8.20. The van der Waals surface area contributed by atoms with Crippen molar-refractivity contribution < 1.29 is 33.4 Å². The molecule has 716 valence electrons. The lowest BCUT2D eigenvalue weighted by molar-refractivity contribution is -0.0963. The number of nitrogens with zero attached hydrogens (tertiary/aromatic N) is 9. The van der Waals surface area contributed by atoms with Crippen molar-refractivity contribution in [1.82, 2.24) is 53.9 Å². The van der Waals surface area contributed by atoms with Crippen LogP contribution in [-0.2, 0) is 33.4 Å². The number of nitrogens with one attached hydrogen (secondary N) is 10. The zero-order valence-electron chi connectivity index (χ0n) is 87.0. The third kappa shape index (κ3) is 323. The predicted octanol–water partition coefficient (Wildman–Crippen LogP) is 25.9. The Bertz CT molecular complexity index is 950. The first-order valence-electron chi connectivity index (χ1n) is 47.0. The second kappa shape index (κ2) is 332. The van der Waals surface area contributed by atoms with Crippen LogP contribution in [0.2, 0.25) is 0 Å². The lowest BCUT2D eigenvalue weighted by atomic mass is 10.0. The summed E-state index contributed by atoms with van der Waals surface area (Å²) in [5.74, 6) is 0.944. The number of ether oxygens (including phenoxy) is 5. The quantitative estimate of drug-likeness (QED) is 0.108. The maximum Gasteiger partial charge on any atom is 0.257 e. The number of thioether (sulfide) groups is 1. The highest BCUT2D eigenvalue weighted by Crippen LogP contribution is 2.15. The van der Waals surface area contributed by atoms with Crippen molar-refractivity contribution >= 4 is 55.5 Å². The van der Waals surface area contributed by atoms with Gasteiger partial charge >= 0.3 is 0 Å². The highest BCUT2D eigenvalue weighted by atomic mass is 32.2. The summed E-state index contributed by atoms with van der Waals surface area (Å²) in [7, 11) is 0. The van der Waals surface area contributed by atoms with E-state index in [4.69, 9.17) is 14.2 Å². The Hall–Kier alpha value is -4.64. The highest BCUT2D eigenvalue weighted by molar-refractivity contribution is 8.12. The zero-order chi connectivity index (χ0) is 94.7. The minimum absolute atomic E-state index is 0.278. The number of piperidine rings is 1.